The van der Waals surface area contributed by atoms with E-state index in [1.165, 1.54) is 25.5 Å². The van der Waals surface area contributed by atoms with Gasteiger partial charge in [0.15, 0.2) is 16.7 Å². The fourth-order valence-electron chi connectivity index (χ4n) is 0.984. The number of nitrogens with one attached hydrogen (secondary N) is 2. The van der Waals surface area contributed by atoms with Crippen LogP contribution in [0, 0.1) is 5.82 Å². The Labute approximate surface area is 98.5 Å². The van der Waals surface area contributed by atoms with Crippen LogP contribution in [-0.4, -0.2) is 25.5 Å². The molecule has 0 radical (unpaired) electrons. The number of thiocarbonyl (C=S) groups is 1. The fraction of sp³-hybridized carbons (Fsp3) is 0.200. The van der Waals surface area contributed by atoms with Crippen LogP contribution < -0.4 is 15.5 Å². The summed E-state index contributed by atoms with van der Waals surface area (Å²) in [6, 6.07) is 4.55. The van der Waals surface area contributed by atoms with Crippen LogP contribution in [0.4, 0.5) is 4.39 Å². The van der Waals surface area contributed by atoms with E-state index in [0.29, 0.717) is 10.7 Å². The molecule has 4 nitrogen and oxygen atoms in total. The number of ether oxygens (including phenoxy) is 1. The average Bonchev–Trinajstić information content (AvgIpc) is 2.29. The maximum atomic E-state index is 13.3. The molecule has 2 N–H and O–H groups in total. The van der Waals surface area contributed by atoms with Gasteiger partial charge in [-0.3, -0.25) is 5.43 Å². The molecule has 0 bridgehead atoms. The normalized spacial score (nSPS) is 10.2. The number of benzene rings is 1. The van der Waals surface area contributed by atoms with Crippen LogP contribution in [0.2, 0.25) is 0 Å². The van der Waals surface area contributed by atoms with Crippen molar-refractivity contribution in [2.45, 2.75) is 0 Å². The van der Waals surface area contributed by atoms with E-state index in [-0.39, 0.29) is 5.75 Å². The molecule has 0 saturated heterocycles. The summed E-state index contributed by atoms with van der Waals surface area (Å²) < 4.78 is 18.1. The van der Waals surface area contributed by atoms with Crippen LogP contribution >= 0.6 is 12.2 Å². The van der Waals surface area contributed by atoms with Crippen molar-refractivity contribution in [3.8, 4) is 5.75 Å². The third-order valence-electron chi connectivity index (χ3n) is 1.78. The van der Waals surface area contributed by atoms with Gasteiger partial charge in [0, 0.05) is 7.05 Å². The highest BCUT2D eigenvalue weighted by molar-refractivity contribution is 7.80. The summed E-state index contributed by atoms with van der Waals surface area (Å²) in [6.45, 7) is 0. The average molecular weight is 241 g/mol. The van der Waals surface area contributed by atoms with Crippen molar-refractivity contribution in [2.75, 3.05) is 14.2 Å². The molecule has 0 fully saturated rings. The molecule has 0 aliphatic carbocycles. The molecule has 6 heteroatoms. The first-order chi connectivity index (χ1) is 7.67. The lowest BCUT2D eigenvalue weighted by Crippen LogP contribution is -2.28. The van der Waals surface area contributed by atoms with Gasteiger partial charge in [-0.25, -0.2) is 4.39 Å². The zero-order chi connectivity index (χ0) is 12.0. The van der Waals surface area contributed by atoms with E-state index in [0.717, 1.165) is 0 Å². The number of hydrogen-bond donors (Lipinski definition) is 2. The Morgan fingerprint density at radius 3 is 2.88 bits per heavy atom. The summed E-state index contributed by atoms with van der Waals surface area (Å²) in [5, 5.41) is 6.91. The molecule has 0 aliphatic rings. The summed E-state index contributed by atoms with van der Waals surface area (Å²) in [4.78, 5) is 0. The van der Waals surface area contributed by atoms with Crippen molar-refractivity contribution in [3.05, 3.63) is 29.6 Å². The van der Waals surface area contributed by atoms with Crippen LogP contribution in [0.1, 0.15) is 5.56 Å². The van der Waals surface area contributed by atoms with Crippen LogP contribution in [0.3, 0.4) is 0 Å². The highest BCUT2D eigenvalue weighted by atomic mass is 32.1. The second-order valence-corrected chi connectivity index (χ2v) is 3.25. The molecule has 1 aromatic rings. The second-order valence-electron chi connectivity index (χ2n) is 2.84. The van der Waals surface area contributed by atoms with Gasteiger partial charge in [0.05, 0.1) is 13.3 Å². The first-order valence-electron chi connectivity index (χ1n) is 4.51. The molecule has 0 atom stereocenters. The number of hydrogen-bond acceptors (Lipinski definition) is 3. The van der Waals surface area contributed by atoms with Gasteiger partial charge in [-0.05, 0) is 36.0 Å². The van der Waals surface area contributed by atoms with Crippen LogP contribution in [-0.2, 0) is 0 Å². The van der Waals surface area contributed by atoms with Crippen molar-refractivity contribution in [3.63, 3.8) is 0 Å². The summed E-state index contributed by atoms with van der Waals surface area (Å²) in [7, 11) is 3.09. The van der Waals surface area contributed by atoms with Gasteiger partial charge in [-0.15, -0.1) is 0 Å². The second kappa shape index (κ2) is 6.02. The number of halogens is 1. The van der Waals surface area contributed by atoms with Crippen molar-refractivity contribution in [1.82, 2.24) is 10.7 Å². The van der Waals surface area contributed by atoms with E-state index < -0.39 is 5.82 Å². The highest BCUT2D eigenvalue weighted by Crippen LogP contribution is 2.16. The van der Waals surface area contributed by atoms with Gasteiger partial charge in [0.2, 0.25) is 0 Å². The zero-order valence-electron chi connectivity index (χ0n) is 8.95. The largest absolute Gasteiger partial charge is 0.494 e. The van der Waals surface area contributed by atoms with E-state index >= 15 is 0 Å². The first-order valence-corrected chi connectivity index (χ1v) is 4.92. The van der Waals surface area contributed by atoms with Gasteiger partial charge >= 0.3 is 0 Å². The minimum absolute atomic E-state index is 0.204. The Bertz CT molecular complexity index is 409. The molecule has 0 aromatic heterocycles. The van der Waals surface area contributed by atoms with Crippen molar-refractivity contribution in [1.29, 1.82) is 0 Å². The molecule has 1 rings (SSSR count). The standard InChI is InChI=1S/C10H12FN3OS/c1-12-10(16)14-13-6-7-3-4-9(15-2)8(11)5-7/h3-6H,1-2H3,(H2,12,14,16)/b13-6-. The van der Waals surface area contributed by atoms with Gasteiger partial charge < -0.3 is 10.1 Å². The smallest absolute Gasteiger partial charge is 0.186 e. The molecule has 0 unspecified atom stereocenters. The SMILES string of the molecule is CNC(=S)N/N=C\c1ccc(OC)c(F)c1. The van der Waals surface area contributed by atoms with Crippen molar-refractivity contribution in [2.24, 2.45) is 5.10 Å². The monoisotopic (exact) mass is 241 g/mol. The Morgan fingerprint density at radius 2 is 2.31 bits per heavy atom. The van der Waals surface area contributed by atoms with Gasteiger partial charge in [0.1, 0.15) is 0 Å². The lowest BCUT2D eigenvalue weighted by atomic mass is 10.2. The third kappa shape index (κ3) is 3.47. The zero-order valence-corrected chi connectivity index (χ0v) is 9.77. The predicted molar refractivity (Wildman–Crippen MR) is 65.3 cm³/mol. The van der Waals surface area contributed by atoms with Gasteiger partial charge in [-0.2, -0.15) is 5.10 Å². The van der Waals surface area contributed by atoms with E-state index in [4.69, 9.17) is 17.0 Å². The van der Waals surface area contributed by atoms with E-state index in [9.17, 15) is 4.39 Å². The molecule has 16 heavy (non-hydrogen) atoms. The summed E-state index contributed by atoms with van der Waals surface area (Å²) >= 11 is 4.81. The van der Waals surface area contributed by atoms with Crippen LogP contribution in [0.15, 0.2) is 23.3 Å². The Balaban J connectivity index is 2.68. The van der Waals surface area contributed by atoms with E-state index in [1.807, 2.05) is 0 Å². The van der Waals surface area contributed by atoms with E-state index in [1.54, 1.807) is 13.1 Å². The Morgan fingerprint density at radius 1 is 1.56 bits per heavy atom. The molecule has 1 aromatic carbocycles. The van der Waals surface area contributed by atoms with Crippen LogP contribution in [0.5, 0.6) is 5.75 Å². The molecular weight excluding hydrogens is 229 g/mol. The van der Waals surface area contributed by atoms with Gasteiger partial charge in [-0.1, -0.05) is 0 Å². The number of hydrazone groups is 1. The minimum atomic E-state index is -0.428. The minimum Gasteiger partial charge on any atom is -0.494 e. The Kier molecular flexibility index (Phi) is 4.65. The molecule has 0 heterocycles. The van der Waals surface area contributed by atoms with Crippen LogP contribution in [0.25, 0.3) is 0 Å². The van der Waals surface area contributed by atoms with Gasteiger partial charge in [0.25, 0.3) is 0 Å². The van der Waals surface area contributed by atoms with Crippen molar-refractivity contribution >= 4 is 23.5 Å². The molecular formula is C10H12FN3OS. The maximum Gasteiger partial charge on any atom is 0.186 e. The predicted octanol–water partition coefficient (Wildman–Crippen LogP) is 1.26. The molecule has 0 saturated carbocycles. The molecule has 0 aliphatic heterocycles. The fourth-order valence-corrected chi connectivity index (χ4v) is 1.04. The quantitative estimate of drug-likeness (QED) is 0.475. The number of methoxy groups -OCH3 is 1. The highest BCUT2D eigenvalue weighted by Gasteiger charge is 2.01. The summed E-state index contributed by atoms with van der Waals surface area (Å²) in [5.74, 6) is -0.224. The summed E-state index contributed by atoms with van der Waals surface area (Å²) in [5.41, 5.74) is 3.18. The first kappa shape index (κ1) is 12.4. The molecule has 0 spiro atoms. The third-order valence-corrected chi connectivity index (χ3v) is 2.08. The molecule has 86 valence electrons. The topological polar surface area (TPSA) is 45.7 Å². The maximum absolute atomic E-state index is 13.3. The van der Waals surface area contributed by atoms with E-state index in [2.05, 4.69) is 15.8 Å². The summed E-state index contributed by atoms with van der Waals surface area (Å²) in [6.07, 6.45) is 1.46. The number of rotatable bonds is 3. The Hall–Kier alpha value is -1.69. The lowest BCUT2D eigenvalue weighted by Gasteiger charge is -2.02. The number of nitrogens with zero attached hydrogens (tertiary/aromatic N) is 1. The molecule has 0 amide bonds. The lowest BCUT2D eigenvalue weighted by molar-refractivity contribution is 0.386. The van der Waals surface area contributed by atoms with Crippen molar-refractivity contribution < 1.29 is 9.13 Å².